The highest BCUT2D eigenvalue weighted by Gasteiger charge is 2.67. The lowest BCUT2D eigenvalue weighted by Crippen LogP contribution is -2.41. The first-order valence-electron chi connectivity index (χ1n) is 5.85. The minimum Gasteiger partial charge on any atom is -0.475 e. The van der Waals surface area contributed by atoms with Crippen molar-refractivity contribution in [1.29, 1.82) is 0 Å². The molecule has 0 aromatic rings. The number of nitrogens with zero attached hydrogens (tertiary/aromatic N) is 1. The second-order valence-corrected chi connectivity index (χ2v) is 5.58. The average Bonchev–Trinajstić information content (AvgIpc) is 2.71. The molecule has 1 heterocycles. The number of fused-ring (bicyclic) bond motifs is 1. The molecule has 3 aliphatic rings. The quantitative estimate of drug-likeness (QED) is 0.627. The van der Waals surface area contributed by atoms with Crippen LogP contribution in [0.2, 0.25) is 0 Å². The molecular weight excluding hydrogens is 174 g/mol. The van der Waals surface area contributed by atoms with Gasteiger partial charge in [-0.1, -0.05) is 20.8 Å². The van der Waals surface area contributed by atoms with Crippen LogP contribution in [0.1, 0.15) is 46.5 Å². The molecule has 2 heteroatoms. The monoisotopic (exact) mass is 193 g/mol. The van der Waals surface area contributed by atoms with Gasteiger partial charge in [0.15, 0.2) is 5.90 Å². The summed E-state index contributed by atoms with van der Waals surface area (Å²) >= 11 is 0. The van der Waals surface area contributed by atoms with E-state index < -0.39 is 0 Å². The van der Waals surface area contributed by atoms with Crippen LogP contribution in [0.15, 0.2) is 4.99 Å². The average molecular weight is 193 g/mol. The predicted molar refractivity (Wildman–Crippen MR) is 56.5 cm³/mol. The van der Waals surface area contributed by atoms with Crippen molar-refractivity contribution in [2.75, 3.05) is 0 Å². The molecule has 0 N–H and O–H groups in total. The van der Waals surface area contributed by atoms with E-state index in [1.54, 1.807) is 0 Å². The molecule has 2 saturated carbocycles. The fourth-order valence-corrected chi connectivity index (χ4v) is 3.87. The molecule has 14 heavy (non-hydrogen) atoms. The van der Waals surface area contributed by atoms with Crippen molar-refractivity contribution in [2.45, 2.75) is 58.1 Å². The van der Waals surface area contributed by atoms with Crippen LogP contribution in [0, 0.1) is 11.3 Å². The molecule has 3 atom stereocenters. The van der Waals surface area contributed by atoms with E-state index in [4.69, 9.17) is 9.73 Å². The van der Waals surface area contributed by atoms with Crippen molar-refractivity contribution in [1.82, 2.24) is 0 Å². The van der Waals surface area contributed by atoms with Crippen LogP contribution in [0.5, 0.6) is 0 Å². The summed E-state index contributed by atoms with van der Waals surface area (Å²) < 4.78 is 5.94. The maximum atomic E-state index is 5.94. The minimum atomic E-state index is 0.156. The predicted octanol–water partition coefficient (Wildman–Crippen LogP) is 2.77. The number of aliphatic imine (C=N–C) groups is 1. The van der Waals surface area contributed by atoms with Gasteiger partial charge in [0.2, 0.25) is 0 Å². The smallest absolute Gasteiger partial charge is 0.184 e. The van der Waals surface area contributed by atoms with E-state index in [2.05, 4.69) is 20.8 Å². The maximum absolute atomic E-state index is 5.94. The highest BCUT2D eigenvalue weighted by molar-refractivity contribution is 5.79. The summed E-state index contributed by atoms with van der Waals surface area (Å²) in [4.78, 5) is 4.91. The van der Waals surface area contributed by atoms with Gasteiger partial charge in [-0.05, 0) is 30.6 Å². The van der Waals surface area contributed by atoms with Crippen LogP contribution in [-0.2, 0) is 4.74 Å². The van der Waals surface area contributed by atoms with E-state index in [1.807, 2.05) is 0 Å². The van der Waals surface area contributed by atoms with Crippen molar-refractivity contribution in [3.8, 4) is 0 Å². The van der Waals surface area contributed by atoms with Gasteiger partial charge in [0.25, 0.3) is 0 Å². The van der Waals surface area contributed by atoms with Crippen LogP contribution >= 0.6 is 0 Å². The summed E-state index contributed by atoms with van der Waals surface area (Å²) in [7, 11) is 0. The van der Waals surface area contributed by atoms with E-state index in [1.165, 1.54) is 19.3 Å². The Labute approximate surface area is 85.7 Å². The fourth-order valence-electron chi connectivity index (χ4n) is 3.87. The topological polar surface area (TPSA) is 21.6 Å². The first-order valence-corrected chi connectivity index (χ1v) is 5.85. The third kappa shape index (κ3) is 0.731. The van der Waals surface area contributed by atoms with Crippen molar-refractivity contribution >= 4 is 5.90 Å². The van der Waals surface area contributed by atoms with Gasteiger partial charge in [0, 0.05) is 6.42 Å². The zero-order chi connectivity index (χ0) is 9.97. The molecule has 0 aromatic carbocycles. The molecule has 1 aliphatic heterocycles. The molecule has 3 rings (SSSR count). The molecule has 2 bridgehead atoms. The van der Waals surface area contributed by atoms with Gasteiger partial charge in [0.05, 0.1) is 0 Å². The zero-order valence-electron chi connectivity index (χ0n) is 9.34. The number of ether oxygens (including phenoxy) is 1. The van der Waals surface area contributed by atoms with Crippen molar-refractivity contribution < 1.29 is 4.74 Å². The summed E-state index contributed by atoms with van der Waals surface area (Å²) in [6, 6.07) is 0. The van der Waals surface area contributed by atoms with E-state index in [0.717, 1.165) is 18.2 Å². The molecule has 2 fully saturated rings. The van der Waals surface area contributed by atoms with Crippen molar-refractivity contribution in [2.24, 2.45) is 16.3 Å². The van der Waals surface area contributed by atoms with E-state index >= 15 is 0 Å². The van der Waals surface area contributed by atoms with Gasteiger partial charge < -0.3 is 4.74 Å². The van der Waals surface area contributed by atoms with E-state index in [0.29, 0.717) is 11.5 Å². The Bertz CT molecular complexity index is 307. The molecule has 0 saturated heterocycles. The van der Waals surface area contributed by atoms with E-state index in [-0.39, 0.29) is 5.54 Å². The lowest BCUT2D eigenvalue weighted by atomic mass is 9.76. The normalized spacial score (nSPS) is 47.5. The van der Waals surface area contributed by atoms with Crippen LogP contribution in [-0.4, -0.2) is 17.5 Å². The lowest BCUT2D eigenvalue weighted by molar-refractivity contribution is 0.115. The first-order chi connectivity index (χ1) is 6.60. The summed E-state index contributed by atoms with van der Waals surface area (Å²) in [5, 5.41) is 0. The molecular formula is C12H19NO. The molecule has 2 aliphatic carbocycles. The molecule has 0 radical (unpaired) electrons. The second-order valence-electron chi connectivity index (χ2n) is 5.58. The summed E-state index contributed by atoms with van der Waals surface area (Å²) in [5.74, 6) is 1.85. The third-order valence-corrected chi connectivity index (χ3v) is 4.95. The molecule has 0 unspecified atom stereocenters. The third-order valence-electron chi connectivity index (χ3n) is 4.95. The summed E-state index contributed by atoms with van der Waals surface area (Å²) in [5.41, 5.74) is 0.525. The Balaban J connectivity index is 2.06. The summed E-state index contributed by atoms with van der Waals surface area (Å²) in [6.07, 6.45) is 5.21. The Kier molecular flexibility index (Phi) is 1.46. The summed E-state index contributed by atoms with van der Waals surface area (Å²) in [6.45, 7) is 6.90. The van der Waals surface area contributed by atoms with Crippen LogP contribution < -0.4 is 0 Å². The molecule has 0 aromatic heterocycles. The standard InChI is InChI=1S/C12H19NO/c1-4-10-13-12-6-5-8(11(12,2)3)7-9(12)14-10/h8-9H,4-7H2,1-3H3/t8-,9-,12-/m1/s1. The highest BCUT2D eigenvalue weighted by atomic mass is 16.5. The largest absolute Gasteiger partial charge is 0.475 e. The van der Waals surface area contributed by atoms with Crippen LogP contribution in [0.4, 0.5) is 0 Å². The van der Waals surface area contributed by atoms with Gasteiger partial charge >= 0.3 is 0 Å². The number of hydrogen-bond donors (Lipinski definition) is 0. The Hall–Kier alpha value is -0.530. The van der Waals surface area contributed by atoms with Crippen molar-refractivity contribution in [3.63, 3.8) is 0 Å². The van der Waals surface area contributed by atoms with Crippen LogP contribution in [0.25, 0.3) is 0 Å². The Morgan fingerprint density at radius 3 is 2.86 bits per heavy atom. The van der Waals surface area contributed by atoms with Crippen LogP contribution in [0.3, 0.4) is 0 Å². The Morgan fingerprint density at radius 1 is 1.50 bits per heavy atom. The SMILES string of the molecule is CCC1=N[C@]23CC[C@H](C[C@H]2O1)C3(C)C. The van der Waals surface area contributed by atoms with Gasteiger partial charge in [-0.3, -0.25) is 0 Å². The van der Waals surface area contributed by atoms with Crippen molar-refractivity contribution in [3.05, 3.63) is 0 Å². The second kappa shape index (κ2) is 2.34. The minimum absolute atomic E-state index is 0.156. The van der Waals surface area contributed by atoms with E-state index in [9.17, 15) is 0 Å². The van der Waals surface area contributed by atoms with Gasteiger partial charge in [-0.2, -0.15) is 0 Å². The maximum Gasteiger partial charge on any atom is 0.184 e. The lowest BCUT2D eigenvalue weighted by Gasteiger charge is -2.33. The van der Waals surface area contributed by atoms with Gasteiger partial charge in [-0.15, -0.1) is 0 Å². The molecule has 78 valence electrons. The Morgan fingerprint density at radius 2 is 2.29 bits per heavy atom. The van der Waals surface area contributed by atoms with Gasteiger partial charge in [-0.25, -0.2) is 4.99 Å². The first kappa shape index (κ1) is 8.75. The fraction of sp³-hybridized carbons (Fsp3) is 0.917. The zero-order valence-corrected chi connectivity index (χ0v) is 9.34. The molecule has 0 amide bonds. The van der Waals surface area contributed by atoms with Gasteiger partial charge in [0.1, 0.15) is 11.6 Å². The molecule has 1 spiro atoms. The number of hydrogen-bond acceptors (Lipinski definition) is 2. The number of rotatable bonds is 1. The highest BCUT2D eigenvalue weighted by Crippen LogP contribution is 2.64. The molecule has 2 nitrogen and oxygen atoms in total.